The minimum absolute atomic E-state index is 0.0813. The van der Waals surface area contributed by atoms with Gasteiger partial charge in [-0.05, 0) is 31.5 Å². The molecule has 19 heavy (non-hydrogen) atoms. The number of ether oxygens (including phenoxy) is 1. The molecule has 0 aromatic heterocycles. The van der Waals surface area contributed by atoms with Gasteiger partial charge in [-0.25, -0.2) is 8.42 Å². The third-order valence-corrected chi connectivity index (χ3v) is 5.49. The number of rotatable bonds is 3. The summed E-state index contributed by atoms with van der Waals surface area (Å²) in [7, 11) is -3.48. The van der Waals surface area contributed by atoms with E-state index in [1.54, 1.807) is 18.2 Å². The zero-order valence-corrected chi connectivity index (χ0v) is 12.6. The molecule has 0 bridgehead atoms. The van der Waals surface area contributed by atoms with Crippen molar-refractivity contribution in [1.82, 2.24) is 4.31 Å². The lowest BCUT2D eigenvalue weighted by molar-refractivity contribution is -0.0170. The van der Waals surface area contributed by atoms with Crippen LogP contribution in [-0.2, 0) is 20.6 Å². The maximum absolute atomic E-state index is 12.6. The van der Waals surface area contributed by atoms with Crippen LogP contribution in [0.2, 0.25) is 0 Å². The molecule has 106 valence electrons. The van der Waals surface area contributed by atoms with Crippen molar-refractivity contribution in [2.45, 2.75) is 36.8 Å². The SMILES string of the molecule is CC1CN(S(=O)(=O)c2cccc(CCl)c2)C(C)CO1. The quantitative estimate of drug-likeness (QED) is 0.805. The molecule has 0 N–H and O–H groups in total. The number of hydrogen-bond donors (Lipinski definition) is 0. The van der Waals surface area contributed by atoms with Crippen LogP contribution in [-0.4, -0.2) is 38.0 Å². The Morgan fingerprint density at radius 3 is 2.84 bits per heavy atom. The first kappa shape index (κ1) is 14.8. The highest BCUT2D eigenvalue weighted by Gasteiger charge is 2.34. The van der Waals surface area contributed by atoms with Crippen molar-refractivity contribution in [3.8, 4) is 0 Å². The first-order chi connectivity index (χ1) is 8.95. The van der Waals surface area contributed by atoms with E-state index in [0.717, 1.165) is 5.56 Å². The molecule has 0 saturated carbocycles. The molecule has 1 saturated heterocycles. The highest BCUT2D eigenvalue weighted by atomic mass is 35.5. The average molecular weight is 304 g/mol. The van der Waals surface area contributed by atoms with Crippen molar-refractivity contribution < 1.29 is 13.2 Å². The van der Waals surface area contributed by atoms with E-state index >= 15 is 0 Å². The summed E-state index contributed by atoms with van der Waals surface area (Å²) in [5.74, 6) is 0.304. The van der Waals surface area contributed by atoms with Gasteiger partial charge in [0.1, 0.15) is 0 Å². The molecular formula is C13H18ClNO3S. The predicted octanol–water partition coefficient (Wildman–Crippen LogP) is 2.22. The summed E-state index contributed by atoms with van der Waals surface area (Å²) >= 11 is 5.76. The van der Waals surface area contributed by atoms with Crippen LogP contribution in [0.3, 0.4) is 0 Å². The number of morpholine rings is 1. The third kappa shape index (κ3) is 3.11. The second kappa shape index (κ2) is 5.79. The van der Waals surface area contributed by atoms with Crippen molar-refractivity contribution in [2.75, 3.05) is 13.2 Å². The Labute approximate surface area is 119 Å². The maximum atomic E-state index is 12.6. The fourth-order valence-corrected chi connectivity index (χ4v) is 4.06. The molecule has 0 spiro atoms. The van der Waals surface area contributed by atoms with E-state index in [9.17, 15) is 8.42 Å². The molecule has 1 aromatic rings. The molecule has 0 aliphatic carbocycles. The van der Waals surface area contributed by atoms with Crippen LogP contribution in [0.1, 0.15) is 19.4 Å². The summed E-state index contributed by atoms with van der Waals surface area (Å²) < 4.78 is 32.3. The van der Waals surface area contributed by atoms with Crippen molar-refractivity contribution in [1.29, 1.82) is 0 Å². The van der Waals surface area contributed by atoms with Gasteiger partial charge in [0, 0.05) is 18.5 Å². The zero-order chi connectivity index (χ0) is 14.0. The van der Waals surface area contributed by atoms with E-state index in [4.69, 9.17) is 16.3 Å². The fourth-order valence-electron chi connectivity index (χ4n) is 2.13. The molecule has 1 aliphatic heterocycles. The number of halogens is 1. The van der Waals surface area contributed by atoms with Crippen molar-refractivity contribution in [3.05, 3.63) is 29.8 Å². The van der Waals surface area contributed by atoms with Crippen LogP contribution in [0.4, 0.5) is 0 Å². The van der Waals surface area contributed by atoms with Gasteiger partial charge in [0.2, 0.25) is 10.0 Å². The molecule has 1 fully saturated rings. The molecule has 2 rings (SSSR count). The number of sulfonamides is 1. The van der Waals surface area contributed by atoms with Crippen LogP contribution in [0, 0.1) is 0 Å². The van der Waals surface area contributed by atoms with Crippen molar-refractivity contribution in [2.24, 2.45) is 0 Å². The van der Waals surface area contributed by atoms with Crippen LogP contribution >= 0.6 is 11.6 Å². The molecule has 4 nitrogen and oxygen atoms in total. The Morgan fingerprint density at radius 1 is 1.42 bits per heavy atom. The Kier molecular flexibility index (Phi) is 4.50. The molecule has 1 aromatic carbocycles. The standard InChI is InChI=1S/C13H18ClNO3S/c1-10-9-18-11(2)8-15(10)19(16,17)13-5-3-4-12(6-13)7-14/h3-6,10-11H,7-9H2,1-2H3. The number of alkyl halides is 1. The molecular weight excluding hydrogens is 286 g/mol. The van der Waals surface area contributed by atoms with E-state index in [-0.39, 0.29) is 12.1 Å². The van der Waals surface area contributed by atoms with E-state index in [1.165, 1.54) is 4.31 Å². The van der Waals surface area contributed by atoms with Gasteiger partial charge in [0.15, 0.2) is 0 Å². The Morgan fingerprint density at radius 2 is 2.16 bits per heavy atom. The monoisotopic (exact) mass is 303 g/mol. The Balaban J connectivity index is 2.35. The lowest BCUT2D eigenvalue weighted by Gasteiger charge is -2.35. The molecule has 6 heteroatoms. The minimum Gasteiger partial charge on any atom is -0.375 e. The summed E-state index contributed by atoms with van der Waals surface area (Å²) in [4.78, 5) is 0.298. The van der Waals surface area contributed by atoms with Crippen LogP contribution in [0.5, 0.6) is 0 Å². The van der Waals surface area contributed by atoms with Gasteiger partial charge in [-0.3, -0.25) is 0 Å². The predicted molar refractivity (Wildman–Crippen MR) is 74.8 cm³/mol. The largest absolute Gasteiger partial charge is 0.375 e. The van der Waals surface area contributed by atoms with E-state index < -0.39 is 10.0 Å². The molecule has 2 atom stereocenters. The smallest absolute Gasteiger partial charge is 0.243 e. The van der Waals surface area contributed by atoms with Gasteiger partial charge in [0.05, 0.1) is 17.6 Å². The van der Waals surface area contributed by atoms with Crippen molar-refractivity contribution in [3.63, 3.8) is 0 Å². The fraction of sp³-hybridized carbons (Fsp3) is 0.538. The minimum atomic E-state index is -3.48. The molecule has 1 heterocycles. The van der Waals surface area contributed by atoms with E-state index in [2.05, 4.69) is 0 Å². The summed E-state index contributed by atoms with van der Waals surface area (Å²) in [5, 5.41) is 0. The first-order valence-corrected chi connectivity index (χ1v) is 8.21. The van der Waals surface area contributed by atoms with Gasteiger partial charge in [0.25, 0.3) is 0 Å². The van der Waals surface area contributed by atoms with Crippen LogP contribution in [0.25, 0.3) is 0 Å². The van der Waals surface area contributed by atoms with Crippen LogP contribution in [0.15, 0.2) is 29.2 Å². The Hall–Kier alpha value is -0.620. The third-order valence-electron chi connectivity index (χ3n) is 3.21. The normalized spacial score (nSPS) is 25.4. The average Bonchev–Trinajstić information content (AvgIpc) is 2.41. The summed E-state index contributed by atoms with van der Waals surface area (Å²) in [6.07, 6.45) is -0.0813. The maximum Gasteiger partial charge on any atom is 0.243 e. The highest BCUT2D eigenvalue weighted by molar-refractivity contribution is 7.89. The van der Waals surface area contributed by atoms with Crippen LogP contribution < -0.4 is 0 Å². The molecule has 1 aliphatic rings. The molecule has 0 amide bonds. The lowest BCUT2D eigenvalue weighted by Crippen LogP contribution is -2.50. The van der Waals surface area contributed by atoms with E-state index in [0.29, 0.717) is 23.9 Å². The summed E-state index contributed by atoms with van der Waals surface area (Å²) in [5.41, 5.74) is 0.803. The molecule has 0 radical (unpaired) electrons. The lowest BCUT2D eigenvalue weighted by atomic mass is 10.2. The second-order valence-electron chi connectivity index (χ2n) is 4.85. The topological polar surface area (TPSA) is 46.6 Å². The van der Waals surface area contributed by atoms with Crippen molar-refractivity contribution >= 4 is 21.6 Å². The van der Waals surface area contributed by atoms with Gasteiger partial charge >= 0.3 is 0 Å². The Bertz CT molecular complexity index is 547. The second-order valence-corrected chi connectivity index (χ2v) is 7.01. The number of benzene rings is 1. The zero-order valence-electron chi connectivity index (χ0n) is 11.0. The van der Waals surface area contributed by atoms with Gasteiger partial charge in [-0.1, -0.05) is 12.1 Å². The van der Waals surface area contributed by atoms with Gasteiger partial charge in [-0.2, -0.15) is 4.31 Å². The number of nitrogens with zero attached hydrogens (tertiary/aromatic N) is 1. The van der Waals surface area contributed by atoms with Gasteiger partial charge in [-0.15, -0.1) is 11.6 Å². The first-order valence-electron chi connectivity index (χ1n) is 6.23. The summed E-state index contributed by atoms with van der Waals surface area (Å²) in [6.45, 7) is 4.54. The number of hydrogen-bond acceptors (Lipinski definition) is 3. The van der Waals surface area contributed by atoms with E-state index in [1.807, 2.05) is 19.9 Å². The molecule has 2 unspecified atom stereocenters. The highest BCUT2D eigenvalue weighted by Crippen LogP contribution is 2.23. The van der Waals surface area contributed by atoms with Gasteiger partial charge < -0.3 is 4.74 Å². The summed E-state index contributed by atoms with van der Waals surface area (Å²) in [6, 6.07) is 6.63.